The third kappa shape index (κ3) is 3.09. The maximum Gasteiger partial charge on any atom is 0.0957 e. The molecule has 0 aliphatic carbocycles. The van der Waals surface area contributed by atoms with Gasteiger partial charge in [0.05, 0.1) is 29.3 Å². The predicted octanol–water partition coefficient (Wildman–Crippen LogP) is 2.96. The molecular formula is C13H15Cl2N3O. The molecule has 0 atom stereocenters. The standard InChI is InChI=1S/C13H15Cl2N3O/c1-19-5-4-18-8-17-13(12(18)7-16)10-3-2-9(14)6-11(10)15/h2-3,6,8H,4-5,7,16H2,1H3. The first-order valence-corrected chi connectivity index (χ1v) is 6.61. The Bertz CT molecular complexity index is 569. The number of hydrogen-bond acceptors (Lipinski definition) is 3. The van der Waals surface area contributed by atoms with Crippen LogP contribution in [0.2, 0.25) is 10.0 Å². The van der Waals surface area contributed by atoms with E-state index in [9.17, 15) is 0 Å². The molecular weight excluding hydrogens is 285 g/mol. The van der Waals surface area contributed by atoms with Gasteiger partial charge in [0.1, 0.15) is 0 Å². The molecule has 0 amide bonds. The topological polar surface area (TPSA) is 53.1 Å². The Kier molecular flexibility index (Phi) is 4.82. The second kappa shape index (κ2) is 6.39. The van der Waals surface area contributed by atoms with E-state index in [4.69, 9.17) is 33.7 Å². The number of nitrogens with zero attached hydrogens (tertiary/aromatic N) is 2. The highest BCUT2D eigenvalue weighted by molar-refractivity contribution is 6.36. The highest BCUT2D eigenvalue weighted by Gasteiger charge is 2.14. The molecule has 1 aromatic heterocycles. The second-order valence-corrected chi connectivity index (χ2v) is 4.90. The first-order valence-electron chi connectivity index (χ1n) is 5.85. The predicted molar refractivity (Wildman–Crippen MR) is 77.5 cm³/mol. The number of nitrogens with two attached hydrogens (primary N) is 1. The van der Waals surface area contributed by atoms with Crippen LogP contribution in [0.25, 0.3) is 11.3 Å². The fourth-order valence-electron chi connectivity index (χ4n) is 1.91. The first kappa shape index (κ1) is 14.3. The Balaban J connectivity index is 2.41. The molecule has 102 valence electrons. The molecule has 0 bridgehead atoms. The number of rotatable bonds is 5. The third-order valence-electron chi connectivity index (χ3n) is 2.86. The summed E-state index contributed by atoms with van der Waals surface area (Å²) in [6.07, 6.45) is 1.75. The highest BCUT2D eigenvalue weighted by atomic mass is 35.5. The maximum absolute atomic E-state index is 6.21. The average Bonchev–Trinajstić information content (AvgIpc) is 2.79. The van der Waals surface area contributed by atoms with Crippen molar-refractivity contribution in [2.75, 3.05) is 13.7 Å². The van der Waals surface area contributed by atoms with Crippen molar-refractivity contribution >= 4 is 23.2 Å². The summed E-state index contributed by atoms with van der Waals surface area (Å²) < 4.78 is 7.04. The molecule has 0 saturated carbocycles. The number of methoxy groups -OCH3 is 1. The van der Waals surface area contributed by atoms with E-state index in [0.717, 1.165) is 17.0 Å². The second-order valence-electron chi connectivity index (χ2n) is 4.05. The Morgan fingerprint density at radius 1 is 1.37 bits per heavy atom. The highest BCUT2D eigenvalue weighted by Crippen LogP contribution is 2.31. The molecule has 2 rings (SSSR count). The summed E-state index contributed by atoms with van der Waals surface area (Å²) >= 11 is 12.1. The minimum atomic E-state index is 0.387. The molecule has 0 fully saturated rings. The lowest BCUT2D eigenvalue weighted by molar-refractivity contribution is 0.186. The van der Waals surface area contributed by atoms with Gasteiger partial charge in [-0.15, -0.1) is 0 Å². The van der Waals surface area contributed by atoms with Crippen LogP contribution in [-0.4, -0.2) is 23.3 Å². The van der Waals surface area contributed by atoms with Crippen molar-refractivity contribution < 1.29 is 4.74 Å². The monoisotopic (exact) mass is 299 g/mol. The number of hydrogen-bond donors (Lipinski definition) is 1. The van der Waals surface area contributed by atoms with Crippen LogP contribution in [0.4, 0.5) is 0 Å². The zero-order valence-electron chi connectivity index (χ0n) is 10.6. The minimum Gasteiger partial charge on any atom is -0.383 e. The Hall–Kier alpha value is -1.07. The van der Waals surface area contributed by atoms with Gasteiger partial charge < -0.3 is 15.0 Å². The zero-order valence-corrected chi connectivity index (χ0v) is 12.1. The Morgan fingerprint density at radius 2 is 2.16 bits per heavy atom. The summed E-state index contributed by atoms with van der Waals surface area (Å²) in [4.78, 5) is 4.40. The van der Waals surface area contributed by atoms with E-state index in [0.29, 0.717) is 29.7 Å². The van der Waals surface area contributed by atoms with Gasteiger partial charge in [-0.1, -0.05) is 23.2 Å². The molecule has 0 aliphatic rings. The van der Waals surface area contributed by atoms with E-state index in [-0.39, 0.29) is 0 Å². The SMILES string of the molecule is COCCn1cnc(-c2ccc(Cl)cc2Cl)c1CN. The molecule has 19 heavy (non-hydrogen) atoms. The molecule has 2 N–H and O–H groups in total. The van der Waals surface area contributed by atoms with Gasteiger partial charge in [-0.05, 0) is 18.2 Å². The lowest BCUT2D eigenvalue weighted by Gasteiger charge is -2.08. The summed E-state index contributed by atoms with van der Waals surface area (Å²) in [6, 6.07) is 5.34. The van der Waals surface area contributed by atoms with Crippen molar-refractivity contribution in [2.45, 2.75) is 13.1 Å². The summed E-state index contributed by atoms with van der Waals surface area (Å²) in [5.41, 5.74) is 8.37. The number of benzene rings is 1. The molecule has 0 spiro atoms. The average molecular weight is 300 g/mol. The molecule has 1 aromatic carbocycles. The van der Waals surface area contributed by atoms with Crippen LogP contribution in [0.15, 0.2) is 24.5 Å². The number of halogens is 2. The van der Waals surface area contributed by atoms with Gasteiger partial charge >= 0.3 is 0 Å². The molecule has 0 unspecified atom stereocenters. The normalized spacial score (nSPS) is 10.9. The van der Waals surface area contributed by atoms with Crippen LogP contribution >= 0.6 is 23.2 Å². The largest absolute Gasteiger partial charge is 0.383 e. The lowest BCUT2D eigenvalue weighted by Crippen LogP contribution is -2.10. The van der Waals surface area contributed by atoms with Crippen LogP contribution in [0.3, 0.4) is 0 Å². The maximum atomic E-state index is 6.21. The third-order valence-corrected chi connectivity index (χ3v) is 3.41. The summed E-state index contributed by atoms with van der Waals surface area (Å²) in [7, 11) is 1.66. The van der Waals surface area contributed by atoms with Crippen molar-refractivity contribution in [3.63, 3.8) is 0 Å². The fraction of sp³-hybridized carbons (Fsp3) is 0.308. The summed E-state index contributed by atoms with van der Waals surface area (Å²) in [5, 5.41) is 1.17. The van der Waals surface area contributed by atoms with E-state index in [2.05, 4.69) is 4.98 Å². The van der Waals surface area contributed by atoms with Crippen LogP contribution < -0.4 is 5.73 Å². The Labute approximate surface area is 122 Å². The minimum absolute atomic E-state index is 0.387. The van der Waals surface area contributed by atoms with E-state index in [1.165, 1.54) is 0 Å². The molecule has 1 heterocycles. The van der Waals surface area contributed by atoms with Gasteiger partial charge in [0, 0.05) is 30.8 Å². The summed E-state index contributed by atoms with van der Waals surface area (Å²) in [5.74, 6) is 0. The van der Waals surface area contributed by atoms with Gasteiger partial charge in [0.25, 0.3) is 0 Å². The quantitative estimate of drug-likeness (QED) is 0.923. The van der Waals surface area contributed by atoms with Gasteiger partial charge in [-0.25, -0.2) is 4.98 Å². The van der Waals surface area contributed by atoms with E-state index in [1.807, 2.05) is 10.6 Å². The smallest absolute Gasteiger partial charge is 0.0957 e. The number of imidazole rings is 1. The van der Waals surface area contributed by atoms with Crippen LogP contribution in [-0.2, 0) is 17.8 Å². The molecule has 0 radical (unpaired) electrons. The van der Waals surface area contributed by atoms with Crippen LogP contribution in [0, 0.1) is 0 Å². The Morgan fingerprint density at radius 3 is 2.79 bits per heavy atom. The van der Waals surface area contributed by atoms with Crippen molar-refractivity contribution in [3.05, 3.63) is 40.3 Å². The first-order chi connectivity index (χ1) is 9.17. The van der Waals surface area contributed by atoms with Gasteiger partial charge in [-0.3, -0.25) is 0 Å². The molecule has 4 nitrogen and oxygen atoms in total. The van der Waals surface area contributed by atoms with E-state index in [1.54, 1.807) is 25.6 Å². The molecule has 0 aliphatic heterocycles. The molecule has 6 heteroatoms. The lowest BCUT2D eigenvalue weighted by atomic mass is 10.1. The van der Waals surface area contributed by atoms with E-state index >= 15 is 0 Å². The van der Waals surface area contributed by atoms with Crippen molar-refractivity contribution in [2.24, 2.45) is 5.73 Å². The van der Waals surface area contributed by atoms with Crippen molar-refractivity contribution in [1.29, 1.82) is 0 Å². The van der Waals surface area contributed by atoms with Crippen LogP contribution in [0.1, 0.15) is 5.69 Å². The molecule has 2 aromatic rings. The number of ether oxygens (including phenoxy) is 1. The van der Waals surface area contributed by atoms with Crippen molar-refractivity contribution in [3.8, 4) is 11.3 Å². The number of aromatic nitrogens is 2. The summed E-state index contributed by atoms with van der Waals surface area (Å²) in [6.45, 7) is 1.70. The van der Waals surface area contributed by atoms with Gasteiger partial charge in [0.15, 0.2) is 0 Å². The fourth-order valence-corrected chi connectivity index (χ4v) is 2.41. The van der Waals surface area contributed by atoms with Crippen molar-refractivity contribution in [1.82, 2.24) is 9.55 Å². The van der Waals surface area contributed by atoms with Gasteiger partial charge in [-0.2, -0.15) is 0 Å². The van der Waals surface area contributed by atoms with Crippen LogP contribution in [0.5, 0.6) is 0 Å². The van der Waals surface area contributed by atoms with E-state index < -0.39 is 0 Å². The van der Waals surface area contributed by atoms with Gasteiger partial charge in [0.2, 0.25) is 0 Å². The zero-order chi connectivity index (χ0) is 13.8. The molecule has 0 saturated heterocycles.